The molecule has 0 unspecified atom stereocenters. The first-order valence-corrected chi connectivity index (χ1v) is 8.49. The third kappa shape index (κ3) is 3.36. The number of halogens is 2. The van der Waals surface area contributed by atoms with Gasteiger partial charge in [0.25, 0.3) is 0 Å². The van der Waals surface area contributed by atoms with Crippen LogP contribution in [0, 0.1) is 0 Å². The molecule has 0 amide bonds. The van der Waals surface area contributed by atoms with Crippen LogP contribution in [0.15, 0.2) is 36.4 Å². The van der Waals surface area contributed by atoms with Gasteiger partial charge in [-0.3, -0.25) is 0 Å². The summed E-state index contributed by atoms with van der Waals surface area (Å²) >= 11 is 12.0. The van der Waals surface area contributed by atoms with Gasteiger partial charge >= 0.3 is 14.2 Å². The molecule has 2 aliphatic rings. The first-order valence-electron chi connectivity index (χ1n) is 7.74. The highest BCUT2D eigenvalue weighted by Crippen LogP contribution is 2.18. The molecule has 2 aromatic carbocycles. The van der Waals surface area contributed by atoms with Crippen LogP contribution in [0.4, 0.5) is 0 Å². The summed E-state index contributed by atoms with van der Waals surface area (Å²) in [5.41, 5.74) is 4.18. The summed E-state index contributed by atoms with van der Waals surface area (Å²) in [6.45, 7) is 1.85. The van der Waals surface area contributed by atoms with Crippen molar-refractivity contribution in [1.29, 1.82) is 0 Å². The molecular weight excluding hydrogens is 349 g/mol. The summed E-state index contributed by atoms with van der Waals surface area (Å²) in [5.74, 6) is 0. The van der Waals surface area contributed by atoms with Gasteiger partial charge in [0, 0.05) is 10.0 Å². The number of rotatable bonds is 5. The van der Waals surface area contributed by atoms with E-state index in [1.54, 1.807) is 0 Å². The molecule has 24 heavy (non-hydrogen) atoms. The average molecular weight is 363 g/mol. The summed E-state index contributed by atoms with van der Waals surface area (Å²) in [5, 5.41) is 1.41. The molecule has 0 saturated carbocycles. The van der Waals surface area contributed by atoms with Gasteiger partial charge in [-0.15, -0.1) is 0 Å². The van der Waals surface area contributed by atoms with E-state index in [0.717, 1.165) is 22.1 Å². The Morgan fingerprint density at radius 2 is 1.25 bits per heavy atom. The van der Waals surface area contributed by atoms with Gasteiger partial charge in [-0.25, -0.2) is 0 Å². The molecule has 4 nitrogen and oxygen atoms in total. The average Bonchev–Trinajstić information content (AvgIpc) is 3.15. The maximum atomic E-state index is 5.98. The molecule has 0 aliphatic carbocycles. The van der Waals surface area contributed by atoms with Gasteiger partial charge in [-0.1, -0.05) is 35.3 Å². The molecule has 0 radical (unpaired) electrons. The molecule has 0 aromatic heterocycles. The van der Waals surface area contributed by atoms with Crippen molar-refractivity contribution in [3.63, 3.8) is 0 Å². The Hall–Kier alpha value is -1.01. The fourth-order valence-electron chi connectivity index (χ4n) is 2.96. The predicted octanol–water partition coefficient (Wildman–Crippen LogP) is 2.18. The zero-order valence-electron chi connectivity index (χ0n) is 12.8. The SMILES string of the molecule is Clc1ccc2c(c1)COB2OCCOB1OCc2cc(Cl)ccc21. The van der Waals surface area contributed by atoms with Crippen LogP contribution >= 0.6 is 23.2 Å². The van der Waals surface area contributed by atoms with Crippen LogP contribution in [0.5, 0.6) is 0 Å². The number of fused-ring (bicyclic) bond motifs is 2. The molecule has 0 spiro atoms. The van der Waals surface area contributed by atoms with Crippen LogP contribution in [0.1, 0.15) is 11.1 Å². The molecule has 2 aromatic rings. The van der Waals surface area contributed by atoms with Crippen LogP contribution in [0.3, 0.4) is 0 Å². The lowest BCUT2D eigenvalue weighted by molar-refractivity contribution is 0.149. The highest BCUT2D eigenvalue weighted by molar-refractivity contribution is 6.63. The van der Waals surface area contributed by atoms with E-state index in [4.69, 9.17) is 41.8 Å². The predicted molar refractivity (Wildman–Crippen MR) is 95.2 cm³/mol. The lowest BCUT2D eigenvalue weighted by Gasteiger charge is -2.11. The standard InChI is InChI=1S/C16H14B2Cl2O4/c19-13-1-3-15-11(7-13)9-23-17(15)21-5-6-22-18-16-4-2-14(20)8-12(16)10-24-18/h1-4,7-8H,5-6,9-10H2. The van der Waals surface area contributed by atoms with E-state index >= 15 is 0 Å². The summed E-state index contributed by atoms with van der Waals surface area (Å²) < 4.78 is 22.8. The van der Waals surface area contributed by atoms with Crippen molar-refractivity contribution in [3.05, 3.63) is 57.6 Å². The van der Waals surface area contributed by atoms with Gasteiger partial charge in [-0.2, -0.15) is 0 Å². The first kappa shape index (κ1) is 16.5. The Labute approximate surface area is 151 Å². The minimum Gasteiger partial charge on any atom is -0.405 e. The van der Waals surface area contributed by atoms with Crippen molar-refractivity contribution in [2.75, 3.05) is 13.2 Å². The second kappa shape index (κ2) is 7.08. The summed E-state index contributed by atoms with van der Waals surface area (Å²) in [6, 6.07) is 11.4. The first-order chi connectivity index (χ1) is 11.7. The van der Waals surface area contributed by atoms with Gasteiger partial charge in [0.2, 0.25) is 0 Å². The van der Waals surface area contributed by atoms with Crippen LogP contribution in [-0.4, -0.2) is 27.5 Å². The smallest absolute Gasteiger partial charge is 0.405 e. The Morgan fingerprint density at radius 3 is 1.71 bits per heavy atom. The zero-order valence-corrected chi connectivity index (χ0v) is 14.3. The molecule has 0 saturated heterocycles. The molecule has 0 N–H and O–H groups in total. The number of benzene rings is 2. The molecule has 122 valence electrons. The second-order valence-corrected chi connectivity index (χ2v) is 6.59. The maximum absolute atomic E-state index is 5.98. The Morgan fingerprint density at radius 1 is 0.792 bits per heavy atom. The highest BCUT2D eigenvalue weighted by Gasteiger charge is 2.32. The minimum absolute atomic E-state index is 0.364. The fourth-order valence-corrected chi connectivity index (χ4v) is 3.34. The summed E-state index contributed by atoms with van der Waals surface area (Å²) in [4.78, 5) is 0. The van der Waals surface area contributed by atoms with Gasteiger partial charge in [-0.05, 0) is 46.3 Å². The van der Waals surface area contributed by atoms with Gasteiger partial charge in [0.15, 0.2) is 0 Å². The van der Waals surface area contributed by atoms with Crippen LogP contribution in [0.2, 0.25) is 10.0 Å². The minimum atomic E-state index is -0.364. The number of hydrogen-bond donors (Lipinski definition) is 0. The van der Waals surface area contributed by atoms with Crippen LogP contribution in [-0.2, 0) is 31.8 Å². The third-order valence-corrected chi connectivity index (χ3v) is 4.59. The zero-order chi connectivity index (χ0) is 16.5. The second-order valence-electron chi connectivity index (χ2n) is 5.71. The van der Waals surface area contributed by atoms with E-state index in [-0.39, 0.29) is 14.2 Å². The van der Waals surface area contributed by atoms with Crippen LogP contribution < -0.4 is 10.9 Å². The number of hydrogen-bond acceptors (Lipinski definition) is 4. The van der Waals surface area contributed by atoms with Gasteiger partial charge < -0.3 is 18.6 Å². The van der Waals surface area contributed by atoms with Gasteiger partial charge in [0.05, 0.1) is 26.4 Å². The Balaban J connectivity index is 1.28. The van der Waals surface area contributed by atoms with E-state index in [9.17, 15) is 0 Å². The van der Waals surface area contributed by atoms with Crippen LogP contribution in [0.25, 0.3) is 0 Å². The molecule has 8 heteroatoms. The quantitative estimate of drug-likeness (QED) is 0.603. The van der Waals surface area contributed by atoms with Gasteiger partial charge in [0.1, 0.15) is 0 Å². The van der Waals surface area contributed by atoms with E-state index in [0.29, 0.717) is 36.5 Å². The Bertz CT molecular complexity index is 695. The molecule has 2 heterocycles. The Kier molecular flexibility index (Phi) is 4.86. The maximum Gasteiger partial charge on any atom is 0.494 e. The monoisotopic (exact) mass is 362 g/mol. The molecule has 4 rings (SSSR count). The molecule has 0 atom stereocenters. The highest BCUT2D eigenvalue weighted by atomic mass is 35.5. The van der Waals surface area contributed by atoms with Crippen molar-refractivity contribution in [1.82, 2.24) is 0 Å². The van der Waals surface area contributed by atoms with E-state index in [2.05, 4.69) is 0 Å². The summed E-state index contributed by atoms with van der Waals surface area (Å²) in [7, 11) is -0.729. The van der Waals surface area contributed by atoms with Crippen molar-refractivity contribution in [3.8, 4) is 0 Å². The van der Waals surface area contributed by atoms with Crippen molar-refractivity contribution >= 4 is 48.4 Å². The lowest BCUT2D eigenvalue weighted by atomic mass is 9.78. The topological polar surface area (TPSA) is 36.9 Å². The third-order valence-electron chi connectivity index (χ3n) is 4.12. The largest absolute Gasteiger partial charge is 0.494 e. The fraction of sp³-hybridized carbons (Fsp3) is 0.250. The van der Waals surface area contributed by atoms with Crippen molar-refractivity contribution in [2.45, 2.75) is 13.2 Å². The van der Waals surface area contributed by atoms with Crippen molar-refractivity contribution < 1.29 is 18.6 Å². The molecular formula is C16H14B2Cl2O4. The van der Waals surface area contributed by atoms with E-state index < -0.39 is 0 Å². The van der Waals surface area contributed by atoms with E-state index in [1.807, 2.05) is 36.4 Å². The molecule has 2 aliphatic heterocycles. The van der Waals surface area contributed by atoms with Crippen molar-refractivity contribution in [2.24, 2.45) is 0 Å². The molecule has 0 bridgehead atoms. The molecule has 0 fully saturated rings. The summed E-state index contributed by atoms with van der Waals surface area (Å²) in [6.07, 6.45) is 0. The normalized spacial score (nSPS) is 15.8. The lowest BCUT2D eigenvalue weighted by Crippen LogP contribution is -2.36. The van der Waals surface area contributed by atoms with E-state index in [1.165, 1.54) is 0 Å².